The van der Waals surface area contributed by atoms with E-state index in [0.717, 1.165) is 19.0 Å². The van der Waals surface area contributed by atoms with E-state index in [4.69, 9.17) is 0 Å². The van der Waals surface area contributed by atoms with Crippen molar-refractivity contribution >= 4 is 16.5 Å². The van der Waals surface area contributed by atoms with Crippen molar-refractivity contribution in [3.8, 4) is 0 Å². The lowest BCUT2D eigenvalue weighted by Crippen LogP contribution is -2.34. The number of hydrogen-bond donors (Lipinski definition) is 0. The zero-order valence-corrected chi connectivity index (χ0v) is 13.1. The number of aromatic nitrogens is 1. The molecule has 0 unspecified atom stereocenters. The zero-order valence-electron chi connectivity index (χ0n) is 12.3. The van der Waals surface area contributed by atoms with Gasteiger partial charge in [0.15, 0.2) is 5.13 Å². The lowest BCUT2D eigenvalue weighted by atomic mass is 9.90. The van der Waals surface area contributed by atoms with Gasteiger partial charge >= 0.3 is 0 Å². The van der Waals surface area contributed by atoms with Crippen LogP contribution in [0.25, 0.3) is 0 Å². The Bertz CT molecular complexity index is 534. The Hall–Kier alpha value is -1.35. The SMILES string of the molecule is Cc1nc(N2CCC(Cc3ccccc3)CC2)sc1C. The molecule has 0 amide bonds. The van der Waals surface area contributed by atoms with Gasteiger partial charge < -0.3 is 4.90 Å². The van der Waals surface area contributed by atoms with E-state index in [1.165, 1.54) is 40.5 Å². The monoisotopic (exact) mass is 286 g/mol. The Morgan fingerprint density at radius 2 is 1.85 bits per heavy atom. The molecule has 1 aliphatic rings. The standard InChI is InChI=1S/C17H22N2S/c1-13-14(2)20-17(18-13)19-10-8-16(9-11-19)12-15-6-4-3-5-7-15/h3-7,16H,8-12H2,1-2H3. The topological polar surface area (TPSA) is 16.1 Å². The molecular weight excluding hydrogens is 264 g/mol. The summed E-state index contributed by atoms with van der Waals surface area (Å²) in [7, 11) is 0. The Kier molecular flexibility index (Phi) is 4.06. The summed E-state index contributed by atoms with van der Waals surface area (Å²) in [6.07, 6.45) is 3.80. The molecule has 0 radical (unpaired) electrons. The minimum absolute atomic E-state index is 0.829. The fraction of sp³-hybridized carbons (Fsp3) is 0.471. The summed E-state index contributed by atoms with van der Waals surface area (Å²) in [4.78, 5) is 8.50. The largest absolute Gasteiger partial charge is 0.348 e. The summed E-state index contributed by atoms with van der Waals surface area (Å²) in [6, 6.07) is 10.9. The maximum atomic E-state index is 4.69. The van der Waals surface area contributed by atoms with Crippen LogP contribution in [0.2, 0.25) is 0 Å². The lowest BCUT2D eigenvalue weighted by molar-refractivity contribution is 0.403. The van der Waals surface area contributed by atoms with Crippen molar-refractivity contribution in [2.75, 3.05) is 18.0 Å². The molecule has 0 N–H and O–H groups in total. The number of hydrogen-bond acceptors (Lipinski definition) is 3. The van der Waals surface area contributed by atoms with Gasteiger partial charge in [0.05, 0.1) is 5.69 Å². The Morgan fingerprint density at radius 1 is 1.15 bits per heavy atom. The minimum Gasteiger partial charge on any atom is -0.348 e. The van der Waals surface area contributed by atoms with Crippen LogP contribution in [-0.2, 0) is 6.42 Å². The molecule has 0 atom stereocenters. The normalized spacial score (nSPS) is 16.6. The third-order valence-electron chi connectivity index (χ3n) is 4.27. The van der Waals surface area contributed by atoms with E-state index in [1.54, 1.807) is 0 Å². The zero-order chi connectivity index (χ0) is 13.9. The van der Waals surface area contributed by atoms with E-state index < -0.39 is 0 Å². The average Bonchev–Trinajstić information content (AvgIpc) is 2.81. The second-order valence-electron chi connectivity index (χ2n) is 5.76. The summed E-state index contributed by atoms with van der Waals surface area (Å²) >= 11 is 1.84. The highest BCUT2D eigenvalue weighted by Crippen LogP contribution is 2.30. The van der Waals surface area contributed by atoms with Crippen molar-refractivity contribution in [3.63, 3.8) is 0 Å². The number of nitrogens with zero attached hydrogens (tertiary/aromatic N) is 2. The first-order valence-electron chi connectivity index (χ1n) is 7.45. The van der Waals surface area contributed by atoms with Crippen LogP contribution in [0.1, 0.15) is 29.0 Å². The molecule has 0 bridgehead atoms. The second-order valence-corrected chi connectivity index (χ2v) is 6.94. The van der Waals surface area contributed by atoms with Crippen LogP contribution in [0.5, 0.6) is 0 Å². The number of anilines is 1. The van der Waals surface area contributed by atoms with Gasteiger partial charge in [0.2, 0.25) is 0 Å². The van der Waals surface area contributed by atoms with Crippen LogP contribution >= 0.6 is 11.3 Å². The molecule has 1 aliphatic heterocycles. The Labute approximate surface area is 125 Å². The molecule has 20 heavy (non-hydrogen) atoms. The van der Waals surface area contributed by atoms with E-state index in [2.05, 4.69) is 54.1 Å². The molecule has 0 aliphatic carbocycles. The molecule has 2 aromatic rings. The Balaban J connectivity index is 1.57. The summed E-state index contributed by atoms with van der Waals surface area (Å²) < 4.78 is 0. The fourth-order valence-corrected chi connectivity index (χ4v) is 3.83. The highest BCUT2D eigenvalue weighted by Gasteiger charge is 2.21. The van der Waals surface area contributed by atoms with E-state index >= 15 is 0 Å². The van der Waals surface area contributed by atoms with Crippen LogP contribution in [0.3, 0.4) is 0 Å². The highest BCUT2D eigenvalue weighted by molar-refractivity contribution is 7.15. The van der Waals surface area contributed by atoms with Crippen LogP contribution in [0, 0.1) is 19.8 Å². The summed E-state index contributed by atoms with van der Waals surface area (Å²) in [5, 5.41) is 1.22. The van der Waals surface area contributed by atoms with Gasteiger partial charge in [-0.2, -0.15) is 0 Å². The van der Waals surface area contributed by atoms with Crippen LogP contribution in [0.15, 0.2) is 30.3 Å². The Morgan fingerprint density at radius 3 is 2.45 bits per heavy atom. The number of thiazole rings is 1. The second kappa shape index (κ2) is 5.96. The number of aryl methyl sites for hydroxylation is 2. The molecule has 3 rings (SSSR count). The molecule has 1 aromatic heterocycles. The fourth-order valence-electron chi connectivity index (χ4n) is 2.87. The molecule has 2 nitrogen and oxygen atoms in total. The molecule has 0 saturated carbocycles. The lowest BCUT2D eigenvalue weighted by Gasteiger charge is -2.31. The van der Waals surface area contributed by atoms with Gasteiger partial charge in [0, 0.05) is 18.0 Å². The van der Waals surface area contributed by atoms with Crippen LogP contribution in [-0.4, -0.2) is 18.1 Å². The summed E-state index contributed by atoms with van der Waals surface area (Å²) in [6.45, 7) is 6.59. The van der Waals surface area contributed by atoms with Crippen LogP contribution in [0.4, 0.5) is 5.13 Å². The number of piperidine rings is 1. The maximum absolute atomic E-state index is 4.69. The molecule has 1 fully saturated rings. The predicted molar refractivity (Wildman–Crippen MR) is 86.7 cm³/mol. The van der Waals surface area contributed by atoms with Crippen molar-refractivity contribution in [1.29, 1.82) is 0 Å². The molecule has 2 heterocycles. The van der Waals surface area contributed by atoms with Crippen molar-refractivity contribution in [2.45, 2.75) is 33.1 Å². The van der Waals surface area contributed by atoms with Crippen molar-refractivity contribution in [1.82, 2.24) is 4.98 Å². The smallest absolute Gasteiger partial charge is 0.185 e. The van der Waals surface area contributed by atoms with Crippen molar-refractivity contribution in [3.05, 3.63) is 46.5 Å². The van der Waals surface area contributed by atoms with E-state index in [-0.39, 0.29) is 0 Å². The van der Waals surface area contributed by atoms with Gasteiger partial charge in [-0.1, -0.05) is 30.3 Å². The molecule has 0 spiro atoms. The first-order chi connectivity index (χ1) is 9.72. The third-order valence-corrected chi connectivity index (χ3v) is 5.40. The van der Waals surface area contributed by atoms with Crippen LogP contribution < -0.4 is 4.90 Å². The average molecular weight is 286 g/mol. The first-order valence-corrected chi connectivity index (χ1v) is 8.27. The number of benzene rings is 1. The summed E-state index contributed by atoms with van der Waals surface area (Å²) in [5.74, 6) is 0.829. The van der Waals surface area contributed by atoms with Crippen molar-refractivity contribution < 1.29 is 0 Å². The molecule has 1 saturated heterocycles. The molecule has 106 valence electrons. The van der Waals surface area contributed by atoms with Gasteiger partial charge in [-0.15, -0.1) is 11.3 Å². The van der Waals surface area contributed by atoms with Gasteiger partial charge in [0.1, 0.15) is 0 Å². The van der Waals surface area contributed by atoms with E-state index in [9.17, 15) is 0 Å². The van der Waals surface area contributed by atoms with Gasteiger partial charge in [-0.05, 0) is 44.6 Å². The minimum atomic E-state index is 0.829. The van der Waals surface area contributed by atoms with E-state index in [0.29, 0.717) is 0 Å². The summed E-state index contributed by atoms with van der Waals surface area (Å²) in [5.41, 5.74) is 2.67. The van der Waals surface area contributed by atoms with E-state index in [1.807, 2.05) is 11.3 Å². The first kappa shape index (κ1) is 13.6. The van der Waals surface area contributed by atoms with Gasteiger partial charge in [-0.3, -0.25) is 0 Å². The quantitative estimate of drug-likeness (QED) is 0.840. The number of rotatable bonds is 3. The molecular formula is C17H22N2S. The van der Waals surface area contributed by atoms with Gasteiger partial charge in [0.25, 0.3) is 0 Å². The predicted octanol–water partition coefficient (Wildman–Crippen LogP) is 4.22. The third kappa shape index (κ3) is 3.04. The van der Waals surface area contributed by atoms with Crippen molar-refractivity contribution in [2.24, 2.45) is 5.92 Å². The maximum Gasteiger partial charge on any atom is 0.185 e. The molecule has 3 heteroatoms. The molecule has 1 aromatic carbocycles. The van der Waals surface area contributed by atoms with Gasteiger partial charge in [-0.25, -0.2) is 4.98 Å². The highest BCUT2D eigenvalue weighted by atomic mass is 32.1.